The third-order valence-electron chi connectivity index (χ3n) is 12.0. The van der Waals surface area contributed by atoms with Gasteiger partial charge in [0.05, 0.1) is 0 Å². The van der Waals surface area contributed by atoms with Gasteiger partial charge in [-0.25, -0.2) is 0 Å². The van der Waals surface area contributed by atoms with E-state index in [0.29, 0.717) is 19.3 Å². The molecular weight excluding hydrogens is 805 g/mol. The molecule has 0 bridgehead atoms. The lowest BCUT2D eigenvalue weighted by Gasteiger charge is -2.18. The van der Waals surface area contributed by atoms with Crippen molar-refractivity contribution in [2.75, 3.05) is 13.2 Å². The molecular formula is C59H104O6. The highest BCUT2D eigenvalue weighted by molar-refractivity contribution is 5.71. The summed E-state index contributed by atoms with van der Waals surface area (Å²) in [5, 5.41) is 0. The number of rotatable bonds is 50. The second kappa shape index (κ2) is 53.7. The molecule has 6 heteroatoms. The number of ether oxygens (including phenoxy) is 3. The Morgan fingerprint density at radius 1 is 0.308 bits per heavy atom. The molecule has 0 amide bonds. The van der Waals surface area contributed by atoms with Crippen LogP contribution < -0.4 is 0 Å². The summed E-state index contributed by atoms with van der Waals surface area (Å²) in [6, 6.07) is 0. The van der Waals surface area contributed by atoms with Gasteiger partial charge in [0.2, 0.25) is 0 Å². The van der Waals surface area contributed by atoms with E-state index in [-0.39, 0.29) is 31.1 Å². The van der Waals surface area contributed by atoms with Crippen LogP contribution in [0.15, 0.2) is 60.8 Å². The van der Waals surface area contributed by atoms with Gasteiger partial charge in [-0.1, -0.05) is 216 Å². The maximum Gasteiger partial charge on any atom is 0.306 e. The van der Waals surface area contributed by atoms with Gasteiger partial charge < -0.3 is 14.2 Å². The Balaban J connectivity index is 4.33. The maximum absolute atomic E-state index is 12.8. The fourth-order valence-electron chi connectivity index (χ4n) is 7.72. The van der Waals surface area contributed by atoms with E-state index in [0.717, 1.165) is 83.5 Å². The molecule has 0 heterocycles. The molecule has 0 aliphatic carbocycles. The summed E-state index contributed by atoms with van der Waals surface area (Å²) in [5.74, 6) is -0.934. The molecule has 0 radical (unpaired) electrons. The molecule has 6 nitrogen and oxygen atoms in total. The van der Waals surface area contributed by atoms with Crippen molar-refractivity contribution < 1.29 is 28.6 Å². The molecule has 0 aromatic heterocycles. The quantitative estimate of drug-likeness (QED) is 0.0262. The molecule has 0 aliphatic heterocycles. The van der Waals surface area contributed by atoms with E-state index >= 15 is 0 Å². The van der Waals surface area contributed by atoms with Crippen molar-refractivity contribution in [3.05, 3.63) is 60.8 Å². The third kappa shape index (κ3) is 51.9. The van der Waals surface area contributed by atoms with Gasteiger partial charge in [0.15, 0.2) is 6.10 Å². The number of hydrogen-bond acceptors (Lipinski definition) is 6. The normalized spacial score (nSPS) is 12.5. The Labute approximate surface area is 402 Å². The first kappa shape index (κ1) is 62.1. The van der Waals surface area contributed by atoms with Crippen LogP contribution in [-0.2, 0) is 28.6 Å². The number of carbonyl (C=O) groups excluding carboxylic acids is 3. The molecule has 0 fully saturated rings. The Hall–Kier alpha value is -2.89. The number of allylic oxidation sites excluding steroid dienone is 10. The van der Waals surface area contributed by atoms with Gasteiger partial charge >= 0.3 is 17.9 Å². The van der Waals surface area contributed by atoms with E-state index in [1.54, 1.807) is 0 Å². The predicted molar refractivity (Wildman–Crippen MR) is 279 cm³/mol. The zero-order chi connectivity index (χ0) is 47.2. The minimum Gasteiger partial charge on any atom is -0.462 e. The van der Waals surface area contributed by atoms with Crippen LogP contribution in [-0.4, -0.2) is 37.2 Å². The first-order valence-corrected chi connectivity index (χ1v) is 27.8. The molecule has 0 N–H and O–H groups in total. The van der Waals surface area contributed by atoms with Crippen LogP contribution in [0, 0.1) is 0 Å². The number of carbonyl (C=O) groups is 3. The number of esters is 3. The molecule has 0 aliphatic rings. The molecule has 0 spiro atoms. The smallest absolute Gasteiger partial charge is 0.306 e. The Bertz CT molecular complexity index is 1180. The minimum atomic E-state index is -0.793. The summed E-state index contributed by atoms with van der Waals surface area (Å²) in [4.78, 5) is 38.0. The van der Waals surface area contributed by atoms with Crippen molar-refractivity contribution in [1.82, 2.24) is 0 Å². The van der Waals surface area contributed by atoms with Crippen molar-refractivity contribution in [3.63, 3.8) is 0 Å². The van der Waals surface area contributed by atoms with Gasteiger partial charge in [0, 0.05) is 19.3 Å². The zero-order valence-corrected chi connectivity index (χ0v) is 43.0. The van der Waals surface area contributed by atoms with Crippen LogP contribution >= 0.6 is 0 Å². The number of unbranched alkanes of at least 4 members (excludes halogenated alkanes) is 29. The summed E-state index contributed by atoms with van der Waals surface area (Å²) < 4.78 is 16.8. The second-order valence-electron chi connectivity index (χ2n) is 18.5. The van der Waals surface area contributed by atoms with Gasteiger partial charge in [0.25, 0.3) is 0 Å². The topological polar surface area (TPSA) is 78.9 Å². The van der Waals surface area contributed by atoms with Crippen molar-refractivity contribution in [3.8, 4) is 0 Å². The van der Waals surface area contributed by atoms with Crippen LogP contribution in [0.1, 0.15) is 278 Å². The molecule has 0 rings (SSSR count). The largest absolute Gasteiger partial charge is 0.462 e. The average Bonchev–Trinajstić information content (AvgIpc) is 3.30. The molecule has 1 atom stereocenters. The van der Waals surface area contributed by atoms with E-state index in [1.165, 1.54) is 154 Å². The molecule has 65 heavy (non-hydrogen) atoms. The van der Waals surface area contributed by atoms with Crippen LogP contribution in [0.4, 0.5) is 0 Å². The molecule has 376 valence electrons. The Kier molecular flexibility index (Phi) is 51.3. The Morgan fingerprint density at radius 2 is 0.569 bits per heavy atom. The highest BCUT2D eigenvalue weighted by Crippen LogP contribution is 2.15. The van der Waals surface area contributed by atoms with Gasteiger partial charge in [-0.05, 0) is 103 Å². The minimum absolute atomic E-state index is 0.0892. The molecule has 0 unspecified atom stereocenters. The van der Waals surface area contributed by atoms with Crippen LogP contribution in [0.25, 0.3) is 0 Å². The lowest BCUT2D eigenvalue weighted by Crippen LogP contribution is -2.30. The standard InChI is InChI=1S/C59H104O6/c1-4-7-10-13-16-19-22-24-26-27-28-29-30-31-33-35-38-40-43-46-49-52-58(61)64-55-56(65-59(62)53-50-47-44-41-36-21-18-15-12-9-6-3)54-63-57(60)51-48-45-42-39-37-34-32-25-23-20-17-14-11-8-5-2/h15,17-18,20,24-26,32,37,39,56H,4-14,16,19,21-23,27-31,33-36,38,40-55H2,1-3H3/b18-15-,20-17-,26-24-,32-25-,39-37-/t56-/m1/s1. The van der Waals surface area contributed by atoms with Crippen molar-refractivity contribution in [2.24, 2.45) is 0 Å². The predicted octanol–water partition coefficient (Wildman–Crippen LogP) is 18.4. The van der Waals surface area contributed by atoms with Crippen molar-refractivity contribution in [2.45, 2.75) is 284 Å². The van der Waals surface area contributed by atoms with Gasteiger partial charge in [-0.2, -0.15) is 0 Å². The summed E-state index contributed by atoms with van der Waals surface area (Å²) >= 11 is 0. The summed E-state index contributed by atoms with van der Waals surface area (Å²) in [6.45, 7) is 6.54. The molecule has 0 aromatic rings. The van der Waals surface area contributed by atoms with Crippen molar-refractivity contribution in [1.29, 1.82) is 0 Å². The van der Waals surface area contributed by atoms with Gasteiger partial charge in [-0.15, -0.1) is 0 Å². The van der Waals surface area contributed by atoms with E-state index in [1.807, 2.05) is 0 Å². The average molecular weight is 909 g/mol. The molecule has 0 saturated carbocycles. The van der Waals surface area contributed by atoms with Gasteiger partial charge in [-0.3, -0.25) is 14.4 Å². The molecule has 0 saturated heterocycles. The monoisotopic (exact) mass is 909 g/mol. The highest BCUT2D eigenvalue weighted by atomic mass is 16.6. The summed E-state index contributed by atoms with van der Waals surface area (Å²) in [7, 11) is 0. The first-order valence-electron chi connectivity index (χ1n) is 27.8. The highest BCUT2D eigenvalue weighted by Gasteiger charge is 2.19. The number of hydrogen-bond donors (Lipinski definition) is 0. The van der Waals surface area contributed by atoms with Crippen LogP contribution in [0.2, 0.25) is 0 Å². The lowest BCUT2D eigenvalue weighted by atomic mass is 10.0. The Morgan fingerprint density at radius 3 is 0.985 bits per heavy atom. The molecule has 0 aromatic carbocycles. The fourth-order valence-corrected chi connectivity index (χ4v) is 7.72. The van der Waals surface area contributed by atoms with Crippen LogP contribution in [0.3, 0.4) is 0 Å². The van der Waals surface area contributed by atoms with E-state index in [9.17, 15) is 14.4 Å². The summed E-state index contributed by atoms with van der Waals surface area (Å²) in [6.07, 6.45) is 66.4. The van der Waals surface area contributed by atoms with E-state index in [4.69, 9.17) is 14.2 Å². The first-order chi connectivity index (χ1) is 32.0. The fraction of sp³-hybridized carbons (Fsp3) is 0.780. The second-order valence-corrected chi connectivity index (χ2v) is 18.5. The summed E-state index contributed by atoms with van der Waals surface area (Å²) in [5.41, 5.74) is 0. The SMILES string of the molecule is CCCC/C=C\CCCCCCCC(=O)O[C@H](COC(=O)CCCC/C=C\C/C=C\C/C=C\CCCCC)COC(=O)CCCCCCCCCCCCC/C=C\CCCCCCCC. The maximum atomic E-state index is 12.8. The van der Waals surface area contributed by atoms with Crippen LogP contribution in [0.5, 0.6) is 0 Å². The van der Waals surface area contributed by atoms with E-state index < -0.39 is 6.10 Å². The van der Waals surface area contributed by atoms with Gasteiger partial charge in [0.1, 0.15) is 13.2 Å². The van der Waals surface area contributed by atoms with E-state index in [2.05, 4.69) is 81.5 Å². The third-order valence-corrected chi connectivity index (χ3v) is 12.0. The van der Waals surface area contributed by atoms with Crippen molar-refractivity contribution >= 4 is 17.9 Å². The lowest BCUT2D eigenvalue weighted by molar-refractivity contribution is -0.167. The zero-order valence-electron chi connectivity index (χ0n) is 43.0.